The molecule has 0 aromatic heterocycles. The van der Waals surface area contributed by atoms with Gasteiger partial charge < -0.3 is 9.53 Å². The topological polar surface area (TPSA) is 26.3 Å². The van der Waals surface area contributed by atoms with E-state index in [-0.39, 0.29) is 17.6 Å². The Bertz CT molecular complexity index is 198. The highest BCUT2D eigenvalue weighted by atomic mass is 16.5. The van der Waals surface area contributed by atoms with Gasteiger partial charge in [-0.1, -0.05) is 0 Å². The Labute approximate surface area is 79.7 Å². The van der Waals surface area contributed by atoms with Gasteiger partial charge in [0.2, 0.25) is 0 Å². The monoisotopic (exact) mass is 182 g/mol. The summed E-state index contributed by atoms with van der Waals surface area (Å²) in [7, 11) is 0. The summed E-state index contributed by atoms with van der Waals surface area (Å²) in [6, 6.07) is 0. The molecule has 0 aromatic rings. The van der Waals surface area contributed by atoms with Gasteiger partial charge in [0.05, 0.1) is 12.2 Å². The van der Waals surface area contributed by atoms with Crippen molar-refractivity contribution in [2.75, 3.05) is 0 Å². The van der Waals surface area contributed by atoms with Crippen LogP contribution >= 0.6 is 0 Å². The third-order valence-corrected chi connectivity index (χ3v) is 3.42. The first-order valence-corrected chi connectivity index (χ1v) is 5.28. The normalized spacial score (nSPS) is 46.0. The molecule has 2 atom stereocenters. The van der Waals surface area contributed by atoms with Crippen molar-refractivity contribution < 1.29 is 9.53 Å². The van der Waals surface area contributed by atoms with Crippen molar-refractivity contribution in [3.8, 4) is 0 Å². The molecular formula is C11H18O2. The van der Waals surface area contributed by atoms with Gasteiger partial charge in [-0.2, -0.15) is 0 Å². The molecule has 1 aliphatic carbocycles. The molecule has 74 valence electrons. The fourth-order valence-corrected chi connectivity index (χ4v) is 2.83. The Morgan fingerprint density at radius 3 is 2.15 bits per heavy atom. The van der Waals surface area contributed by atoms with Crippen LogP contribution < -0.4 is 0 Å². The molecule has 0 spiro atoms. The van der Waals surface area contributed by atoms with Gasteiger partial charge in [0.15, 0.2) is 0 Å². The van der Waals surface area contributed by atoms with E-state index in [1.54, 1.807) is 0 Å². The molecule has 1 saturated carbocycles. The smallest absolute Gasteiger partial charge is 0.126 e. The third-order valence-electron chi connectivity index (χ3n) is 3.42. The van der Waals surface area contributed by atoms with Gasteiger partial charge in [0, 0.05) is 5.41 Å². The van der Waals surface area contributed by atoms with Crippen LogP contribution in [0.2, 0.25) is 0 Å². The fraction of sp³-hybridized carbons (Fsp3) is 0.909. The summed E-state index contributed by atoms with van der Waals surface area (Å²) in [5.74, 6) is 0.666. The Morgan fingerprint density at radius 2 is 1.77 bits per heavy atom. The number of hydrogen-bond donors (Lipinski definition) is 0. The van der Waals surface area contributed by atoms with Gasteiger partial charge in [-0.25, -0.2) is 0 Å². The van der Waals surface area contributed by atoms with Crippen LogP contribution in [0.4, 0.5) is 0 Å². The maximum Gasteiger partial charge on any atom is 0.126 e. The quantitative estimate of drug-likeness (QED) is 0.612. The zero-order chi connectivity index (χ0) is 9.47. The summed E-state index contributed by atoms with van der Waals surface area (Å²) in [5.41, 5.74) is -0.0307. The summed E-state index contributed by atoms with van der Waals surface area (Å²) in [6.45, 7) is 4.16. The van der Waals surface area contributed by atoms with E-state index in [4.69, 9.17) is 4.74 Å². The number of hydrogen-bond acceptors (Lipinski definition) is 2. The van der Waals surface area contributed by atoms with E-state index in [1.807, 2.05) is 0 Å². The lowest BCUT2D eigenvalue weighted by atomic mass is 9.73. The number of carbonyl (C=O) groups excluding carboxylic acids is 1. The minimum absolute atomic E-state index is 0.0307. The predicted molar refractivity (Wildman–Crippen MR) is 50.5 cm³/mol. The molecule has 2 rings (SSSR count). The van der Waals surface area contributed by atoms with E-state index in [1.165, 1.54) is 19.1 Å². The molecule has 2 fully saturated rings. The van der Waals surface area contributed by atoms with Crippen LogP contribution in [0, 0.1) is 11.3 Å². The van der Waals surface area contributed by atoms with Gasteiger partial charge in [-0.05, 0) is 45.4 Å². The molecule has 0 bridgehead atoms. The molecule has 13 heavy (non-hydrogen) atoms. The molecule has 0 radical (unpaired) electrons. The van der Waals surface area contributed by atoms with Gasteiger partial charge in [-0.15, -0.1) is 0 Å². The first-order chi connectivity index (χ1) is 6.16. The van der Waals surface area contributed by atoms with E-state index >= 15 is 0 Å². The second-order valence-corrected chi connectivity index (χ2v) is 4.79. The first-order valence-electron chi connectivity index (χ1n) is 5.28. The average molecular weight is 182 g/mol. The Kier molecular flexibility index (Phi) is 2.18. The van der Waals surface area contributed by atoms with Crippen molar-refractivity contribution in [2.24, 2.45) is 11.3 Å². The number of carbonyl (C=O) groups is 1. The van der Waals surface area contributed by atoms with Crippen molar-refractivity contribution in [2.45, 2.75) is 51.7 Å². The van der Waals surface area contributed by atoms with E-state index in [0.717, 1.165) is 12.8 Å². The molecule has 2 unspecified atom stereocenters. The highest BCUT2D eigenvalue weighted by Crippen LogP contribution is 2.52. The van der Waals surface area contributed by atoms with Crippen molar-refractivity contribution in [3.63, 3.8) is 0 Å². The van der Waals surface area contributed by atoms with Gasteiger partial charge >= 0.3 is 0 Å². The molecule has 0 aromatic carbocycles. The van der Waals surface area contributed by atoms with Crippen molar-refractivity contribution in [1.29, 1.82) is 0 Å². The lowest BCUT2D eigenvalue weighted by molar-refractivity contribution is -0.135. The minimum Gasteiger partial charge on any atom is -0.375 e. The molecule has 2 aliphatic rings. The number of rotatable bonds is 2. The summed E-state index contributed by atoms with van der Waals surface area (Å²) in [4.78, 5) is 11.2. The molecule has 0 amide bonds. The van der Waals surface area contributed by atoms with Gasteiger partial charge in [0.25, 0.3) is 0 Å². The van der Waals surface area contributed by atoms with Crippen molar-refractivity contribution in [1.82, 2.24) is 0 Å². The zero-order valence-corrected chi connectivity index (χ0v) is 8.45. The van der Waals surface area contributed by atoms with Crippen LogP contribution in [0.3, 0.4) is 0 Å². The largest absolute Gasteiger partial charge is 0.375 e. The second-order valence-electron chi connectivity index (χ2n) is 4.79. The number of ether oxygens (including phenoxy) is 1. The predicted octanol–water partition coefficient (Wildman–Crippen LogP) is 2.17. The van der Waals surface area contributed by atoms with Crippen LogP contribution in [0.1, 0.15) is 39.5 Å². The van der Waals surface area contributed by atoms with E-state index in [0.29, 0.717) is 5.92 Å². The van der Waals surface area contributed by atoms with Crippen LogP contribution in [0.15, 0.2) is 0 Å². The standard InChI is InChI=1S/C11H18O2/c1-8-5-11(7-12,10-3-4-10)6-9(2)13-8/h7-10H,3-6H2,1-2H3. The van der Waals surface area contributed by atoms with Crippen LogP contribution in [-0.2, 0) is 9.53 Å². The average Bonchev–Trinajstić information content (AvgIpc) is 2.84. The van der Waals surface area contributed by atoms with Crippen molar-refractivity contribution in [3.05, 3.63) is 0 Å². The SMILES string of the molecule is CC1CC(C=O)(C2CC2)CC(C)O1. The van der Waals surface area contributed by atoms with Crippen LogP contribution in [0.25, 0.3) is 0 Å². The first kappa shape index (κ1) is 9.20. The van der Waals surface area contributed by atoms with Crippen molar-refractivity contribution >= 4 is 6.29 Å². The molecule has 1 heterocycles. The maximum atomic E-state index is 11.2. The molecule has 2 heteroatoms. The van der Waals surface area contributed by atoms with Crippen LogP contribution in [-0.4, -0.2) is 18.5 Å². The minimum atomic E-state index is -0.0307. The molecular weight excluding hydrogens is 164 g/mol. The van der Waals surface area contributed by atoms with E-state index in [9.17, 15) is 4.79 Å². The Hall–Kier alpha value is -0.370. The Morgan fingerprint density at radius 1 is 1.23 bits per heavy atom. The zero-order valence-electron chi connectivity index (χ0n) is 8.45. The third kappa shape index (κ3) is 1.64. The van der Waals surface area contributed by atoms with Gasteiger partial charge in [0.1, 0.15) is 6.29 Å². The van der Waals surface area contributed by atoms with Crippen LogP contribution in [0.5, 0.6) is 0 Å². The molecule has 1 saturated heterocycles. The number of aldehydes is 1. The lowest BCUT2D eigenvalue weighted by Gasteiger charge is -2.39. The van der Waals surface area contributed by atoms with E-state index < -0.39 is 0 Å². The maximum absolute atomic E-state index is 11.2. The second kappa shape index (κ2) is 3.09. The summed E-state index contributed by atoms with van der Waals surface area (Å²) in [6.07, 6.45) is 6.09. The molecule has 1 aliphatic heterocycles. The Balaban J connectivity index is 2.13. The fourth-order valence-electron chi connectivity index (χ4n) is 2.83. The highest BCUT2D eigenvalue weighted by Gasteiger charge is 2.49. The summed E-state index contributed by atoms with van der Waals surface area (Å²) >= 11 is 0. The van der Waals surface area contributed by atoms with E-state index in [2.05, 4.69) is 13.8 Å². The molecule has 0 N–H and O–H groups in total. The van der Waals surface area contributed by atoms with Gasteiger partial charge in [-0.3, -0.25) is 0 Å². The lowest BCUT2D eigenvalue weighted by Crippen LogP contribution is -2.40. The molecule has 2 nitrogen and oxygen atoms in total. The highest BCUT2D eigenvalue weighted by molar-refractivity contribution is 5.61. The summed E-state index contributed by atoms with van der Waals surface area (Å²) in [5, 5.41) is 0. The summed E-state index contributed by atoms with van der Waals surface area (Å²) < 4.78 is 5.66.